The van der Waals surface area contributed by atoms with Crippen LogP contribution in [-0.2, 0) is 0 Å². The lowest BCUT2D eigenvalue weighted by atomic mass is 10.0. The Morgan fingerprint density at radius 1 is 1.19 bits per heavy atom. The van der Waals surface area contributed by atoms with Gasteiger partial charge in [-0.25, -0.2) is 0 Å². The van der Waals surface area contributed by atoms with Crippen LogP contribution in [0.1, 0.15) is 38.5 Å². The predicted octanol–water partition coefficient (Wildman–Crippen LogP) is 7.05. The highest BCUT2D eigenvalue weighted by atomic mass is 32.2. The molecule has 1 aliphatic rings. The van der Waals surface area contributed by atoms with Crippen LogP contribution in [0.4, 0.5) is 0 Å². The summed E-state index contributed by atoms with van der Waals surface area (Å²) in [5.74, 6) is 0. The number of rotatable bonds is 8. The second kappa shape index (κ2) is 10.8. The molecule has 3 rings (SSSR count). The van der Waals surface area contributed by atoms with E-state index < -0.39 is 5.60 Å². The van der Waals surface area contributed by atoms with E-state index in [-0.39, 0.29) is 0 Å². The first kappa shape index (κ1) is 23.3. The first-order valence-electron chi connectivity index (χ1n) is 10.4. The maximum absolute atomic E-state index is 10.6. The van der Waals surface area contributed by atoms with E-state index in [1.807, 2.05) is 24.3 Å². The molecule has 0 saturated carbocycles. The lowest BCUT2D eigenvalue weighted by molar-refractivity contribution is 0.154. The van der Waals surface area contributed by atoms with E-state index in [0.717, 1.165) is 23.4 Å². The average molecular weight is 451 g/mol. The Morgan fingerprint density at radius 3 is 2.71 bits per heavy atom. The molecule has 5 heteroatoms. The molecule has 0 radical (unpaired) electrons. The summed E-state index contributed by atoms with van der Waals surface area (Å²) in [5.41, 5.74) is 6.31. The number of thiophene rings is 1. The minimum Gasteiger partial charge on any atom is -0.384 e. The van der Waals surface area contributed by atoms with Crippen LogP contribution in [0.25, 0.3) is 16.5 Å². The number of nitrogens with one attached hydrogen (secondary N) is 1. The molecule has 31 heavy (non-hydrogen) atoms. The van der Waals surface area contributed by atoms with Crippen LogP contribution in [0.2, 0.25) is 0 Å². The lowest BCUT2D eigenvalue weighted by Gasteiger charge is -2.18. The van der Waals surface area contributed by atoms with E-state index >= 15 is 0 Å². The summed E-state index contributed by atoms with van der Waals surface area (Å²) in [6.07, 6.45) is 16.1. The summed E-state index contributed by atoms with van der Waals surface area (Å²) in [6, 6.07) is 12.7. The molecule has 0 fully saturated rings. The summed E-state index contributed by atoms with van der Waals surface area (Å²) in [5, 5.41) is 15.2. The smallest absolute Gasteiger partial charge is 0.103 e. The standard InChI is InChI=1S/C26H30N2OS2/c1-5-19-10-6-7-11-20(18-19)27-28-25(26(2,3)29)17-15-21-14-16-24(31-21)22-12-8-9-13-23(22)30-4/h6-17,27,29H,5,18H2,1-4H3/b17-15+,28-25+. The van der Waals surface area contributed by atoms with Gasteiger partial charge >= 0.3 is 0 Å². The number of hydrazone groups is 1. The summed E-state index contributed by atoms with van der Waals surface area (Å²) in [4.78, 5) is 3.63. The van der Waals surface area contributed by atoms with Crippen molar-refractivity contribution in [2.45, 2.75) is 44.1 Å². The molecule has 2 aromatic rings. The van der Waals surface area contributed by atoms with Crippen molar-refractivity contribution in [2.24, 2.45) is 5.10 Å². The first-order chi connectivity index (χ1) is 14.9. The highest BCUT2D eigenvalue weighted by Gasteiger charge is 2.19. The van der Waals surface area contributed by atoms with Crippen LogP contribution in [0.15, 0.2) is 88.0 Å². The quantitative estimate of drug-likeness (QED) is 0.257. The van der Waals surface area contributed by atoms with E-state index in [2.05, 4.69) is 72.3 Å². The SMILES string of the molecule is CCC1=CC=CC=C(N/N=C(\C=C\c2ccc(-c3ccccc3SC)s2)C(C)(C)O)C1. The molecule has 0 saturated heterocycles. The monoisotopic (exact) mass is 450 g/mol. The van der Waals surface area contributed by atoms with Crippen molar-refractivity contribution in [1.29, 1.82) is 0 Å². The molecule has 2 N–H and O–H groups in total. The second-order valence-electron chi connectivity index (χ2n) is 7.84. The molecule has 0 atom stereocenters. The molecule has 1 aromatic carbocycles. The summed E-state index contributed by atoms with van der Waals surface area (Å²) in [7, 11) is 0. The number of nitrogens with zero attached hydrogens (tertiary/aromatic N) is 1. The van der Waals surface area contributed by atoms with Crippen LogP contribution in [0.3, 0.4) is 0 Å². The van der Waals surface area contributed by atoms with E-state index in [0.29, 0.717) is 5.71 Å². The minimum absolute atomic E-state index is 0.586. The highest BCUT2D eigenvalue weighted by Crippen LogP contribution is 2.35. The van der Waals surface area contributed by atoms with Gasteiger partial charge in [-0.15, -0.1) is 23.1 Å². The number of hydrogen-bond acceptors (Lipinski definition) is 5. The maximum Gasteiger partial charge on any atom is 0.103 e. The Hall–Kier alpha value is -2.34. The lowest BCUT2D eigenvalue weighted by Crippen LogP contribution is -2.31. The van der Waals surface area contributed by atoms with Crippen molar-refractivity contribution < 1.29 is 5.11 Å². The Labute approximate surface area is 194 Å². The van der Waals surface area contributed by atoms with Gasteiger partial charge in [-0.2, -0.15) is 5.10 Å². The van der Waals surface area contributed by atoms with Crippen LogP contribution in [-0.4, -0.2) is 22.7 Å². The molecule has 0 amide bonds. The van der Waals surface area contributed by atoms with Gasteiger partial charge < -0.3 is 5.11 Å². The molecule has 0 spiro atoms. The van der Waals surface area contributed by atoms with Crippen molar-refractivity contribution >= 4 is 34.9 Å². The van der Waals surface area contributed by atoms with Crippen LogP contribution in [0.5, 0.6) is 0 Å². The van der Waals surface area contributed by atoms with Crippen LogP contribution >= 0.6 is 23.1 Å². The largest absolute Gasteiger partial charge is 0.384 e. The summed E-state index contributed by atoms with van der Waals surface area (Å²) >= 11 is 3.49. The molecule has 1 heterocycles. The molecule has 1 aromatic heterocycles. The maximum atomic E-state index is 10.6. The van der Waals surface area contributed by atoms with Gasteiger partial charge in [0.2, 0.25) is 0 Å². The number of hydrogen-bond donors (Lipinski definition) is 2. The third kappa shape index (κ3) is 6.57. The Morgan fingerprint density at radius 2 is 1.97 bits per heavy atom. The van der Waals surface area contributed by atoms with Crippen molar-refractivity contribution in [2.75, 3.05) is 6.26 Å². The van der Waals surface area contributed by atoms with Gasteiger partial charge in [0.1, 0.15) is 5.60 Å². The zero-order valence-corrected chi connectivity index (χ0v) is 20.2. The molecular weight excluding hydrogens is 420 g/mol. The van der Waals surface area contributed by atoms with E-state index in [9.17, 15) is 5.11 Å². The van der Waals surface area contributed by atoms with Gasteiger partial charge in [-0.05, 0) is 63.0 Å². The first-order valence-corrected chi connectivity index (χ1v) is 12.5. The third-order valence-electron chi connectivity index (χ3n) is 4.96. The van der Waals surface area contributed by atoms with E-state index in [1.54, 1.807) is 36.9 Å². The fourth-order valence-electron chi connectivity index (χ4n) is 3.15. The van der Waals surface area contributed by atoms with Crippen molar-refractivity contribution in [1.82, 2.24) is 5.43 Å². The minimum atomic E-state index is -1.06. The molecule has 0 bridgehead atoms. The molecule has 3 nitrogen and oxygen atoms in total. The molecule has 0 unspecified atom stereocenters. The van der Waals surface area contributed by atoms with Gasteiger partial charge in [0, 0.05) is 32.3 Å². The van der Waals surface area contributed by atoms with Gasteiger partial charge in [0.25, 0.3) is 0 Å². The molecule has 1 aliphatic carbocycles. The summed E-state index contributed by atoms with van der Waals surface area (Å²) < 4.78 is 0. The van der Waals surface area contributed by atoms with Gasteiger partial charge in [0.05, 0.1) is 5.71 Å². The number of aliphatic hydroxyl groups is 1. The van der Waals surface area contributed by atoms with E-state index in [1.165, 1.54) is 20.9 Å². The van der Waals surface area contributed by atoms with Gasteiger partial charge in [-0.1, -0.05) is 48.9 Å². The zero-order chi connectivity index (χ0) is 22.3. The third-order valence-corrected chi connectivity index (χ3v) is 6.84. The van der Waals surface area contributed by atoms with Crippen molar-refractivity contribution in [3.63, 3.8) is 0 Å². The average Bonchev–Trinajstić information content (AvgIpc) is 3.10. The second-order valence-corrected chi connectivity index (χ2v) is 9.80. The zero-order valence-electron chi connectivity index (χ0n) is 18.6. The fourth-order valence-corrected chi connectivity index (χ4v) is 4.78. The molecule has 0 aliphatic heterocycles. The van der Waals surface area contributed by atoms with Gasteiger partial charge in [-0.3, -0.25) is 5.43 Å². The van der Waals surface area contributed by atoms with Crippen molar-refractivity contribution in [3.05, 3.63) is 82.9 Å². The number of allylic oxidation sites excluding steroid dienone is 5. The Kier molecular flexibility index (Phi) is 8.13. The molecular formula is C26H30N2OS2. The normalized spacial score (nSPS) is 15.1. The van der Waals surface area contributed by atoms with Crippen LogP contribution < -0.4 is 5.43 Å². The fraction of sp³-hybridized carbons (Fsp3) is 0.269. The number of benzene rings is 1. The van der Waals surface area contributed by atoms with Crippen LogP contribution in [0, 0.1) is 0 Å². The Balaban J connectivity index is 1.78. The Bertz CT molecular complexity index is 1050. The number of thioether (sulfide) groups is 1. The van der Waals surface area contributed by atoms with E-state index in [4.69, 9.17) is 0 Å². The highest BCUT2D eigenvalue weighted by molar-refractivity contribution is 7.98. The topological polar surface area (TPSA) is 44.6 Å². The van der Waals surface area contributed by atoms with Gasteiger partial charge in [0.15, 0.2) is 0 Å². The molecule has 162 valence electrons. The van der Waals surface area contributed by atoms with Crippen molar-refractivity contribution in [3.8, 4) is 10.4 Å². The summed E-state index contributed by atoms with van der Waals surface area (Å²) in [6.45, 7) is 5.67. The predicted molar refractivity (Wildman–Crippen MR) is 138 cm³/mol.